The van der Waals surface area contributed by atoms with Gasteiger partial charge in [0.05, 0.1) is 12.5 Å². The van der Waals surface area contributed by atoms with Gasteiger partial charge in [0.25, 0.3) is 5.91 Å². The van der Waals surface area contributed by atoms with Crippen molar-refractivity contribution in [3.05, 3.63) is 64.8 Å². The zero-order valence-corrected chi connectivity index (χ0v) is 14.8. The molecule has 0 aliphatic rings. The lowest BCUT2D eigenvalue weighted by atomic mass is 10.1. The van der Waals surface area contributed by atoms with Gasteiger partial charge in [0.2, 0.25) is 0 Å². The first-order valence-corrected chi connectivity index (χ1v) is 8.44. The zero-order chi connectivity index (χ0) is 18.5. The van der Waals surface area contributed by atoms with Crippen LogP contribution in [0.25, 0.3) is 11.0 Å². The van der Waals surface area contributed by atoms with Crippen molar-refractivity contribution in [3.8, 4) is 0 Å². The van der Waals surface area contributed by atoms with Gasteiger partial charge in [-0.3, -0.25) is 9.59 Å². The number of nitrogens with one attached hydrogen (secondary N) is 1. The van der Waals surface area contributed by atoms with Crippen LogP contribution in [0.4, 0.5) is 0 Å². The molecule has 0 fully saturated rings. The lowest BCUT2D eigenvalue weighted by molar-refractivity contribution is -0.148. The Hall–Kier alpha value is -2.86. The summed E-state index contributed by atoms with van der Waals surface area (Å²) in [5.74, 6) is -0.927. The van der Waals surface area contributed by atoms with Crippen molar-refractivity contribution in [1.29, 1.82) is 0 Å². The third kappa shape index (κ3) is 4.40. The van der Waals surface area contributed by atoms with Gasteiger partial charge in [0.1, 0.15) is 5.69 Å². The van der Waals surface area contributed by atoms with E-state index in [1.54, 1.807) is 18.2 Å². The first kappa shape index (κ1) is 17.9. The molecule has 0 radical (unpaired) electrons. The van der Waals surface area contributed by atoms with Crippen LogP contribution < -0.4 is 5.32 Å². The highest BCUT2D eigenvalue weighted by Gasteiger charge is 2.15. The Morgan fingerprint density at radius 2 is 1.92 bits per heavy atom. The van der Waals surface area contributed by atoms with Gasteiger partial charge in [-0.1, -0.05) is 41.0 Å². The van der Waals surface area contributed by atoms with E-state index in [2.05, 4.69) is 10.5 Å². The highest BCUT2D eigenvalue weighted by atomic mass is 35.5. The van der Waals surface area contributed by atoms with E-state index in [-0.39, 0.29) is 25.0 Å². The molecule has 0 unspecified atom stereocenters. The largest absolute Gasteiger partial charge is 0.455 e. The molecule has 1 heterocycles. The molecule has 0 aliphatic carbocycles. The van der Waals surface area contributed by atoms with Crippen LogP contribution in [-0.4, -0.2) is 23.6 Å². The van der Waals surface area contributed by atoms with E-state index in [9.17, 15) is 9.59 Å². The van der Waals surface area contributed by atoms with Crippen molar-refractivity contribution in [3.63, 3.8) is 0 Å². The zero-order valence-electron chi connectivity index (χ0n) is 14.1. The SMILES string of the molecule is C[C@H](NC(=O)COC(=O)Cc1noc2ccccc12)c1ccc(Cl)cc1. The molecule has 0 saturated carbocycles. The van der Waals surface area contributed by atoms with Crippen LogP contribution in [0.2, 0.25) is 5.02 Å². The third-order valence-corrected chi connectivity index (χ3v) is 4.13. The minimum absolute atomic E-state index is 0.0585. The number of para-hydroxylation sites is 1. The standard InChI is InChI=1S/C19H17ClN2O4/c1-12(13-6-8-14(20)9-7-13)21-18(23)11-25-19(24)10-16-15-4-2-3-5-17(15)26-22-16/h2-9,12H,10-11H2,1H3,(H,21,23)/t12-/m0/s1. The molecule has 3 rings (SSSR count). The monoisotopic (exact) mass is 372 g/mol. The predicted molar refractivity (Wildman–Crippen MR) is 96.7 cm³/mol. The van der Waals surface area contributed by atoms with Gasteiger partial charge in [0.15, 0.2) is 12.2 Å². The predicted octanol–water partition coefficient (Wildman–Crippen LogP) is 3.44. The van der Waals surface area contributed by atoms with Crippen molar-refractivity contribution in [1.82, 2.24) is 10.5 Å². The van der Waals surface area contributed by atoms with Crippen LogP contribution in [0.15, 0.2) is 53.1 Å². The smallest absolute Gasteiger partial charge is 0.312 e. The Balaban J connectivity index is 1.49. The maximum Gasteiger partial charge on any atom is 0.312 e. The number of fused-ring (bicyclic) bond motifs is 1. The van der Waals surface area contributed by atoms with Crippen LogP contribution in [0.5, 0.6) is 0 Å². The summed E-state index contributed by atoms with van der Waals surface area (Å²) < 4.78 is 10.2. The molecular formula is C19H17ClN2O4. The number of carbonyl (C=O) groups excluding carboxylic acids is 2. The van der Waals surface area contributed by atoms with E-state index in [0.717, 1.165) is 10.9 Å². The van der Waals surface area contributed by atoms with Crippen molar-refractivity contribution >= 4 is 34.4 Å². The Morgan fingerprint density at radius 3 is 2.69 bits per heavy atom. The van der Waals surface area contributed by atoms with Gasteiger partial charge in [-0.15, -0.1) is 0 Å². The quantitative estimate of drug-likeness (QED) is 0.670. The summed E-state index contributed by atoms with van der Waals surface area (Å²) in [5.41, 5.74) is 1.99. The molecule has 0 saturated heterocycles. The van der Waals surface area contributed by atoms with Crippen LogP contribution in [-0.2, 0) is 20.7 Å². The number of amides is 1. The van der Waals surface area contributed by atoms with Crippen LogP contribution >= 0.6 is 11.6 Å². The lowest BCUT2D eigenvalue weighted by Crippen LogP contribution is -2.31. The summed E-state index contributed by atoms with van der Waals surface area (Å²) in [5, 5.41) is 8.02. The average Bonchev–Trinajstić information content (AvgIpc) is 3.03. The van der Waals surface area contributed by atoms with Gasteiger partial charge < -0.3 is 14.6 Å². The Kier molecular flexibility index (Phi) is 5.53. The summed E-state index contributed by atoms with van der Waals surface area (Å²) in [6, 6.07) is 14.2. The molecule has 134 valence electrons. The Bertz CT molecular complexity index is 921. The summed E-state index contributed by atoms with van der Waals surface area (Å²) in [6.45, 7) is 1.48. The van der Waals surface area contributed by atoms with Crippen LogP contribution in [0, 0.1) is 0 Å². The highest BCUT2D eigenvalue weighted by Crippen LogP contribution is 2.18. The van der Waals surface area contributed by atoms with E-state index in [1.807, 2.05) is 37.3 Å². The first-order valence-electron chi connectivity index (χ1n) is 8.06. The van der Waals surface area contributed by atoms with Gasteiger partial charge in [-0.05, 0) is 36.8 Å². The maximum absolute atomic E-state index is 12.0. The van der Waals surface area contributed by atoms with E-state index in [4.69, 9.17) is 20.9 Å². The van der Waals surface area contributed by atoms with Crippen LogP contribution in [0.1, 0.15) is 24.2 Å². The fourth-order valence-electron chi connectivity index (χ4n) is 2.52. The normalized spacial score (nSPS) is 11.9. The summed E-state index contributed by atoms with van der Waals surface area (Å²) in [4.78, 5) is 23.9. The van der Waals surface area contributed by atoms with Gasteiger partial charge >= 0.3 is 5.97 Å². The fraction of sp³-hybridized carbons (Fsp3) is 0.211. The number of nitrogens with zero attached hydrogens (tertiary/aromatic N) is 1. The molecule has 6 nitrogen and oxygen atoms in total. The molecule has 3 aromatic rings. The molecule has 7 heteroatoms. The second-order valence-electron chi connectivity index (χ2n) is 5.80. The van der Waals surface area contributed by atoms with Crippen molar-refractivity contribution in [2.45, 2.75) is 19.4 Å². The average molecular weight is 373 g/mol. The number of halogens is 1. The number of hydrogen-bond donors (Lipinski definition) is 1. The fourth-order valence-corrected chi connectivity index (χ4v) is 2.64. The Morgan fingerprint density at radius 1 is 1.19 bits per heavy atom. The summed E-state index contributed by atoms with van der Waals surface area (Å²) >= 11 is 5.84. The molecule has 2 aromatic carbocycles. The number of rotatable bonds is 6. The number of benzene rings is 2. The molecule has 26 heavy (non-hydrogen) atoms. The number of aromatic nitrogens is 1. The second-order valence-corrected chi connectivity index (χ2v) is 6.24. The molecule has 1 amide bonds. The van der Waals surface area contributed by atoms with E-state index in [1.165, 1.54) is 0 Å². The summed E-state index contributed by atoms with van der Waals surface area (Å²) in [6.07, 6.45) is -0.0585. The number of hydrogen-bond acceptors (Lipinski definition) is 5. The lowest BCUT2D eigenvalue weighted by Gasteiger charge is -2.14. The minimum Gasteiger partial charge on any atom is -0.455 e. The molecule has 0 spiro atoms. The van der Waals surface area contributed by atoms with E-state index < -0.39 is 5.97 Å². The molecule has 1 N–H and O–H groups in total. The molecular weight excluding hydrogens is 356 g/mol. The molecule has 0 aliphatic heterocycles. The summed E-state index contributed by atoms with van der Waals surface area (Å²) in [7, 11) is 0. The molecule has 1 atom stereocenters. The second kappa shape index (κ2) is 8.01. The highest BCUT2D eigenvalue weighted by molar-refractivity contribution is 6.30. The van der Waals surface area contributed by atoms with Crippen molar-refractivity contribution < 1.29 is 18.8 Å². The molecule has 1 aromatic heterocycles. The number of esters is 1. The molecule has 0 bridgehead atoms. The first-order chi connectivity index (χ1) is 12.5. The van der Waals surface area contributed by atoms with Gasteiger partial charge in [0, 0.05) is 10.4 Å². The van der Waals surface area contributed by atoms with Crippen molar-refractivity contribution in [2.75, 3.05) is 6.61 Å². The van der Waals surface area contributed by atoms with Crippen molar-refractivity contribution in [2.24, 2.45) is 0 Å². The van der Waals surface area contributed by atoms with Crippen LogP contribution in [0.3, 0.4) is 0 Å². The minimum atomic E-state index is -0.543. The van der Waals surface area contributed by atoms with E-state index >= 15 is 0 Å². The number of ether oxygens (including phenoxy) is 1. The number of carbonyl (C=O) groups is 2. The maximum atomic E-state index is 12.0. The van der Waals surface area contributed by atoms with Gasteiger partial charge in [-0.2, -0.15) is 0 Å². The third-order valence-electron chi connectivity index (χ3n) is 3.88. The van der Waals surface area contributed by atoms with E-state index in [0.29, 0.717) is 16.3 Å². The Labute approximate surface area is 155 Å². The topological polar surface area (TPSA) is 81.4 Å². The van der Waals surface area contributed by atoms with Gasteiger partial charge in [-0.25, -0.2) is 0 Å².